The summed E-state index contributed by atoms with van der Waals surface area (Å²) in [5, 5.41) is 2.77. The van der Waals surface area contributed by atoms with Gasteiger partial charge in [0.25, 0.3) is 0 Å². The van der Waals surface area contributed by atoms with E-state index in [0.29, 0.717) is 18.7 Å². The molecule has 1 N–H and O–H groups in total. The van der Waals surface area contributed by atoms with Gasteiger partial charge < -0.3 is 15.0 Å². The van der Waals surface area contributed by atoms with Gasteiger partial charge in [-0.05, 0) is 31.0 Å². The van der Waals surface area contributed by atoms with Crippen LogP contribution in [-0.2, 0) is 13.1 Å². The molecule has 2 aromatic rings. The molecule has 0 bridgehead atoms. The lowest BCUT2D eigenvalue weighted by molar-refractivity contribution is -0.0504. The molecule has 0 aliphatic heterocycles. The van der Waals surface area contributed by atoms with Crippen molar-refractivity contribution in [3.8, 4) is 5.75 Å². The molecule has 4 nitrogen and oxygen atoms in total. The average Bonchev–Trinajstić information content (AvgIpc) is 2.59. The number of carbonyl (C=O) groups excluding carboxylic acids is 1. The molecule has 0 aliphatic carbocycles. The highest BCUT2D eigenvalue weighted by Gasteiger charge is 2.14. The molecule has 0 aromatic heterocycles. The summed E-state index contributed by atoms with van der Waals surface area (Å²) in [7, 11) is 0. The lowest BCUT2D eigenvalue weighted by atomic mass is 10.1. The van der Waals surface area contributed by atoms with Gasteiger partial charge in [-0.25, -0.2) is 4.79 Å². The van der Waals surface area contributed by atoms with Gasteiger partial charge in [0.1, 0.15) is 5.75 Å². The molecule has 0 heterocycles. The van der Waals surface area contributed by atoms with E-state index >= 15 is 0 Å². The Morgan fingerprint density at radius 3 is 2.40 bits per heavy atom. The van der Waals surface area contributed by atoms with Gasteiger partial charge in [-0.1, -0.05) is 42.5 Å². The molecule has 0 fully saturated rings. The predicted octanol–water partition coefficient (Wildman–Crippen LogP) is 4.33. The van der Waals surface area contributed by atoms with Crippen LogP contribution in [0.2, 0.25) is 0 Å². The second kappa shape index (κ2) is 9.01. The molecule has 0 spiro atoms. The molecule has 2 amide bonds. The van der Waals surface area contributed by atoms with Crippen molar-refractivity contribution in [2.75, 3.05) is 6.54 Å². The van der Waals surface area contributed by atoms with E-state index in [9.17, 15) is 13.6 Å². The Kier molecular flexibility index (Phi) is 6.74. The number of nitrogens with one attached hydrogen (secondary N) is 1. The number of ether oxygens (including phenoxy) is 1. The average molecular weight is 348 g/mol. The fourth-order valence-electron chi connectivity index (χ4n) is 2.46. The summed E-state index contributed by atoms with van der Waals surface area (Å²) in [6.45, 7) is 2.14. The molecule has 0 radical (unpaired) electrons. The highest BCUT2D eigenvalue weighted by molar-refractivity contribution is 5.74. The highest BCUT2D eigenvalue weighted by Crippen LogP contribution is 2.20. The van der Waals surface area contributed by atoms with Gasteiger partial charge in [-0.3, -0.25) is 0 Å². The fourth-order valence-corrected chi connectivity index (χ4v) is 2.46. The number of benzene rings is 2. The summed E-state index contributed by atoms with van der Waals surface area (Å²) in [5.41, 5.74) is 2.69. The molecule has 6 heteroatoms. The molecular formula is C19H22F2N2O2. The molecule has 0 aliphatic rings. The number of hydrogen-bond donors (Lipinski definition) is 1. The van der Waals surface area contributed by atoms with Gasteiger partial charge in [0.05, 0.1) is 0 Å². The topological polar surface area (TPSA) is 41.6 Å². The van der Waals surface area contributed by atoms with Gasteiger partial charge in [0, 0.05) is 25.2 Å². The van der Waals surface area contributed by atoms with E-state index in [-0.39, 0.29) is 18.3 Å². The third-order valence-electron chi connectivity index (χ3n) is 3.91. The minimum atomic E-state index is -2.90. The number of rotatable bonds is 7. The maximum absolute atomic E-state index is 12.4. The molecule has 25 heavy (non-hydrogen) atoms. The zero-order valence-electron chi connectivity index (χ0n) is 14.3. The van der Waals surface area contributed by atoms with Crippen molar-refractivity contribution in [1.29, 1.82) is 0 Å². The molecule has 2 aromatic carbocycles. The van der Waals surface area contributed by atoms with E-state index in [1.54, 1.807) is 23.1 Å². The van der Waals surface area contributed by atoms with Crippen LogP contribution in [0.1, 0.15) is 23.6 Å². The number of urea groups is 1. The number of alkyl halides is 2. The zero-order chi connectivity index (χ0) is 18.2. The van der Waals surface area contributed by atoms with E-state index in [2.05, 4.69) is 10.1 Å². The third kappa shape index (κ3) is 5.45. The Balaban J connectivity index is 2.00. The number of halogens is 2. The maximum atomic E-state index is 12.4. The van der Waals surface area contributed by atoms with Crippen LogP contribution in [0.3, 0.4) is 0 Å². The van der Waals surface area contributed by atoms with Crippen molar-refractivity contribution in [1.82, 2.24) is 10.2 Å². The Morgan fingerprint density at radius 1 is 1.12 bits per heavy atom. The van der Waals surface area contributed by atoms with Crippen LogP contribution >= 0.6 is 0 Å². The van der Waals surface area contributed by atoms with Crippen LogP contribution in [0, 0.1) is 6.92 Å². The van der Waals surface area contributed by atoms with E-state index < -0.39 is 6.61 Å². The van der Waals surface area contributed by atoms with Gasteiger partial charge in [-0.15, -0.1) is 0 Å². The summed E-state index contributed by atoms with van der Waals surface area (Å²) < 4.78 is 29.4. The Hall–Kier alpha value is -2.63. The quantitative estimate of drug-likeness (QED) is 0.809. The Morgan fingerprint density at radius 2 is 1.76 bits per heavy atom. The Labute approximate surface area is 146 Å². The second-order valence-corrected chi connectivity index (χ2v) is 5.59. The fraction of sp³-hybridized carbons (Fsp3) is 0.316. The number of para-hydroxylation sites is 1. The molecule has 0 unspecified atom stereocenters. The predicted molar refractivity (Wildman–Crippen MR) is 92.6 cm³/mol. The molecular weight excluding hydrogens is 326 g/mol. The zero-order valence-corrected chi connectivity index (χ0v) is 14.3. The molecule has 134 valence electrons. The van der Waals surface area contributed by atoms with Gasteiger partial charge in [-0.2, -0.15) is 8.78 Å². The number of nitrogens with zero attached hydrogens (tertiary/aromatic N) is 1. The van der Waals surface area contributed by atoms with Gasteiger partial charge in [0.15, 0.2) is 0 Å². The van der Waals surface area contributed by atoms with Gasteiger partial charge in [0.2, 0.25) is 0 Å². The lowest BCUT2D eigenvalue weighted by Crippen LogP contribution is -2.39. The van der Waals surface area contributed by atoms with Crippen molar-refractivity contribution < 1.29 is 18.3 Å². The molecule has 0 saturated heterocycles. The van der Waals surface area contributed by atoms with Crippen LogP contribution < -0.4 is 10.1 Å². The van der Waals surface area contributed by atoms with Crippen LogP contribution in [0.4, 0.5) is 13.6 Å². The first-order chi connectivity index (χ1) is 12.0. The summed E-state index contributed by atoms with van der Waals surface area (Å²) in [6, 6.07) is 14.0. The van der Waals surface area contributed by atoms with Crippen LogP contribution in [0.5, 0.6) is 5.75 Å². The molecule has 0 atom stereocenters. The summed E-state index contributed by atoms with van der Waals surface area (Å²) in [4.78, 5) is 14.1. The normalized spacial score (nSPS) is 10.6. The standard InChI is InChI=1S/C19H22F2N2O2/c1-3-23(13-16-10-5-4-8-14(16)2)19(24)22-12-15-9-6-7-11-17(15)25-18(20)21/h4-11,18H,3,12-13H2,1-2H3,(H,22,24). The van der Waals surface area contributed by atoms with Crippen molar-refractivity contribution in [2.24, 2.45) is 0 Å². The maximum Gasteiger partial charge on any atom is 0.387 e. The third-order valence-corrected chi connectivity index (χ3v) is 3.91. The number of hydrogen-bond acceptors (Lipinski definition) is 2. The first-order valence-electron chi connectivity index (χ1n) is 8.11. The largest absolute Gasteiger partial charge is 0.434 e. The minimum Gasteiger partial charge on any atom is -0.434 e. The van der Waals surface area contributed by atoms with Crippen LogP contribution in [0.15, 0.2) is 48.5 Å². The number of aryl methyl sites for hydroxylation is 1. The minimum absolute atomic E-state index is 0.0692. The van der Waals surface area contributed by atoms with Crippen molar-refractivity contribution >= 4 is 6.03 Å². The monoisotopic (exact) mass is 348 g/mol. The van der Waals surface area contributed by atoms with Crippen LogP contribution in [0.25, 0.3) is 0 Å². The molecule has 0 saturated carbocycles. The summed E-state index contributed by atoms with van der Waals surface area (Å²) >= 11 is 0. The lowest BCUT2D eigenvalue weighted by Gasteiger charge is -2.22. The number of carbonyl (C=O) groups is 1. The second-order valence-electron chi connectivity index (χ2n) is 5.59. The number of amides is 2. The SMILES string of the molecule is CCN(Cc1ccccc1C)C(=O)NCc1ccccc1OC(F)F. The first-order valence-corrected chi connectivity index (χ1v) is 8.11. The van der Waals surface area contributed by atoms with Crippen LogP contribution in [-0.4, -0.2) is 24.1 Å². The van der Waals surface area contributed by atoms with Crippen molar-refractivity contribution in [3.05, 3.63) is 65.2 Å². The van der Waals surface area contributed by atoms with Gasteiger partial charge >= 0.3 is 12.6 Å². The highest BCUT2D eigenvalue weighted by atomic mass is 19.3. The smallest absolute Gasteiger partial charge is 0.387 e. The van der Waals surface area contributed by atoms with E-state index in [0.717, 1.165) is 11.1 Å². The first kappa shape index (κ1) is 18.7. The van der Waals surface area contributed by atoms with E-state index in [4.69, 9.17) is 0 Å². The molecule has 2 rings (SSSR count). The van der Waals surface area contributed by atoms with E-state index in [1.807, 2.05) is 38.1 Å². The van der Waals surface area contributed by atoms with Crippen molar-refractivity contribution in [3.63, 3.8) is 0 Å². The summed E-state index contributed by atoms with van der Waals surface area (Å²) in [6.07, 6.45) is 0. The Bertz CT molecular complexity index is 707. The summed E-state index contributed by atoms with van der Waals surface area (Å²) in [5.74, 6) is 0.0692. The van der Waals surface area contributed by atoms with E-state index in [1.165, 1.54) is 6.07 Å². The van der Waals surface area contributed by atoms with Crippen molar-refractivity contribution in [2.45, 2.75) is 33.5 Å².